The SMILES string of the molecule is Cc1cc(C=O)c(N)c(C=O)c1N. The smallest absolute Gasteiger partial charge is 0.154 e. The molecule has 4 heteroatoms. The van der Waals surface area contributed by atoms with Gasteiger partial charge in [-0.3, -0.25) is 9.59 Å². The molecule has 68 valence electrons. The third-order valence-corrected chi connectivity index (χ3v) is 1.93. The Balaban J connectivity index is 3.56. The number of benzene rings is 1. The van der Waals surface area contributed by atoms with Crippen molar-refractivity contribution in [3.8, 4) is 0 Å². The standard InChI is InChI=1S/C9H10N2O2/c1-5-2-6(3-12)9(11)7(4-13)8(5)10/h2-4H,10-11H2,1H3. The Labute approximate surface area is 75.5 Å². The Morgan fingerprint density at radius 2 is 1.77 bits per heavy atom. The van der Waals surface area contributed by atoms with Crippen LogP contribution in [0.25, 0.3) is 0 Å². The molecule has 1 aromatic carbocycles. The van der Waals surface area contributed by atoms with E-state index < -0.39 is 0 Å². The van der Waals surface area contributed by atoms with Crippen molar-refractivity contribution in [1.82, 2.24) is 0 Å². The summed E-state index contributed by atoms with van der Waals surface area (Å²) in [6.45, 7) is 1.72. The summed E-state index contributed by atoms with van der Waals surface area (Å²) in [5.74, 6) is 0. The molecule has 0 saturated carbocycles. The van der Waals surface area contributed by atoms with Crippen molar-refractivity contribution in [3.63, 3.8) is 0 Å². The molecular weight excluding hydrogens is 168 g/mol. The molecule has 0 aromatic heterocycles. The topological polar surface area (TPSA) is 86.2 Å². The first-order valence-corrected chi connectivity index (χ1v) is 3.70. The predicted molar refractivity (Wildman–Crippen MR) is 50.8 cm³/mol. The summed E-state index contributed by atoms with van der Waals surface area (Å²) in [4.78, 5) is 21.1. The summed E-state index contributed by atoms with van der Waals surface area (Å²) in [5.41, 5.74) is 12.8. The lowest BCUT2D eigenvalue weighted by molar-refractivity contribution is 0.112. The summed E-state index contributed by atoms with van der Waals surface area (Å²) in [6, 6.07) is 1.56. The van der Waals surface area contributed by atoms with Crippen LogP contribution in [0.15, 0.2) is 6.07 Å². The van der Waals surface area contributed by atoms with Crippen LogP contribution in [-0.2, 0) is 0 Å². The molecule has 0 radical (unpaired) electrons. The van der Waals surface area contributed by atoms with E-state index in [1.165, 1.54) is 0 Å². The Kier molecular flexibility index (Phi) is 2.32. The lowest BCUT2D eigenvalue weighted by Crippen LogP contribution is -2.05. The van der Waals surface area contributed by atoms with Gasteiger partial charge in [-0.25, -0.2) is 0 Å². The third kappa shape index (κ3) is 1.38. The van der Waals surface area contributed by atoms with Crippen LogP contribution in [0.5, 0.6) is 0 Å². The number of aryl methyl sites for hydroxylation is 1. The molecule has 0 amide bonds. The minimum Gasteiger partial charge on any atom is -0.398 e. The van der Waals surface area contributed by atoms with Crippen LogP contribution in [-0.4, -0.2) is 12.6 Å². The first-order chi connectivity index (χ1) is 6.11. The van der Waals surface area contributed by atoms with Gasteiger partial charge in [0.2, 0.25) is 0 Å². The Hall–Kier alpha value is -1.84. The number of nitrogens with two attached hydrogens (primary N) is 2. The van der Waals surface area contributed by atoms with E-state index in [0.717, 1.165) is 0 Å². The molecule has 0 heterocycles. The zero-order valence-corrected chi connectivity index (χ0v) is 7.20. The van der Waals surface area contributed by atoms with Gasteiger partial charge >= 0.3 is 0 Å². The first kappa shape index (κ1) is 9.25. The molecule has 13 heavy (non-hydrogen) atoms. The van der Waals surface area contributed by atoms with Gasteiger partial charge in [0.15, 0.2) is 12.6 Å². The van der Waals surface area contributed by atoms with Gasteiger partial charge in [0.25, 0.3) is 0 Å². The zero-order chi connectivity index (χ0) is 10.0. The van der Waals surface area contributed by atoms with Gasteiger partial charge < -0.3 is 11.5 Å². The summed E-state index contributed by atoms with van der Waals surface area (Å²) in [6.07, 6.45) is 1.17. The minimum atomic E-state index is 0.146. The molecule has 0 unspecified atom stereocenters. The fourth-order valence-electron chi connectivity index (χ4n) is 1.13. The van der Waals surface area contributed by atoms with Crippen molar-refractivity contribution in [2.75, 3.05) is 11.5 Å². The second-order valence-electron chi connectivity index (χ2n) is 2.76. The summed E-state index contributed by atoms with van der Waals surface area (Å²) >= 11 is 0. The second-order valence-corrected chi connectivity index (χ2v) is 2.76. The lowest BCUT2D eigenvalue weighted by Gasteiger charge is -2.08. The van der Waals surface area contributed by atoms with Crippen LogP contribution in [0.1, 0.15) is 26.3 Å². The number of hydrogen-bond acceptors (Lipinski definition) is 4. The molecule has 0 spiro atoms. The molecule has 0 aliphatic carbocycles. The zero-order valence-electron chi connectivity index (χ0n) is 7.20. The number of rotatable bonds is 2. The molecule has 1 rings (SSSR count). The average molecular weight is 178 g/mol. The van der Waals surface area contributed by atoms with E-state index >= 15 is 0 Å². The molecule has 4 N–H and O–H groups in total. The van der Waals surface area contributed by atoms with Crippen LogP contribution in [0.2, 0.25) is 0 Å². The van der Waals surface area contributed by atoms with Crippen molar-refractivity contribution < 1.29 is 9.59 Å². The van der Waals surface area contributed by atoms with Crippen molar-refractivity contribution in [1.29, 1.82) is 0 Å². The first-order valence-electron chi connectivity index (χ1n) is 3.70. The Bertz CT molecular complexity index is 372. The van der Waals surface area contributed by atoms with Crippen molar-refractivity contribution >= 4 is 23.9 Å². The van der Waals surface area contributed by atoms with Crippen LogP contribution in [0.3, 0.4) is 0 Å². The van der Waals surface area contributed by atoms with E-state index in [2.05, 4.69) is 0 Å². The number of anilines is 2. The van der Waals surface area contributed by atoms with Gasteiger partial charge in [0.05, 0.1) is 11.3 Å². The van der Waals surface area contributed by atoms with Gasteiger partial charge in [-0.15, -0.1) is 0 Å². The molecule has 0 atom stereocenters. The maximum atomic E-state index is 10.6. The minimum absolute atomic E-state index is 0.146. The summed E-state index contributed by atoms with van der Waals surface area (Å²) < 4.78 is 0. The third-order valence-electron chi connectivity index (χ3n) is 1.93. The number of nitrogen functional groups attached to an aromatic ring is 2. The largest absolute Gasteiger partial charge is 0.398 e. The molecule has 0 aliphatic rings. The second kappa shape index (κ2) is 3.26. The van der Waals surface area contributed by atoms with Crippen molar-refractivity contribution in [3.05, 3.63) is 22.8 Å². The van der Waals surface area contributed by atoms with Gasteiger partial charge in [-0.2, -0.15) is 0 Å². The average Bonchev–Trinajstić information content (AvgIpc) is 2.12. The molecular formula is C9H10N2O2. The lowest BCUT2D eigenvalue weighted by atomic mass is 10.0. The molecule has 0 aliphatic heterocycles. The fraction of sp³-hybridized carbons (Fsp3) is 0.111. The fourth-order valence-corrected chi connectivity index (χ4v) is 1.13. The highest BCUT2D eigenvalue weighted by Gasteiger charge is 2.10. The number of aldehydes is 2. The summed E-state index contributed by atoms with van der Waals surface area (Å²) in [7, 11) is 0. The number of carbonyl (C=O) groups excluding carboxylic acids is 2. The Morgan fingerprint density at radius 1 is 1.15 bits per heavy atom. The van der Waals surface area contributed by atoms with Crippen LogP contribution < -0.4 is 11.5 Å². The predicted octanol–water partition coefficient (Wildman–Crippen LogP) is 0.784. The van der Waals surface area contributed by atoms with Crippen LogP contribution >= 0.6 is 0 Å². The molecule has 0 bridgehead atoms. The van der Waals surface area contributed by atoms with E-state index in [0.29, 0.717) is 29.4 Å². The van der Waals surface area contributed by atoms with E-state index in [4.69, 9.17) is 11.5 Å². The number of hydrogen-bond donors (Lipinski definition) is 2. The maximum absolute atomic E-state index is 10.6. The maximum Gasteiger partial charge on any atom is 0.154 e. The van der Waals surface area contributed by atoms with Crippen molar-refractivity contribution in [2.45, 2.75) is 6.92 Å². The van der Waals surface area contributed by atoms with E-state index in [1.54, 1.807) is 13.0 Å². The van der Waals surface area contributed by atoms with E-state index in [-0.39, 0.29) is 11.3 Å². The van der Waals surface area contributed by atoms with Gasteiger partial charge in [0.1, 0.15) is 0 Å². The van der Waals surface area contributed by atoms with E-state index in [1.807, 2.05) is 0 Å². The highest BCUT2D eigenvalue weighted by molar-refractivity contribution is 5.98. The van der Waals surface area contributed by atoms with Crippen molar-refractivity contribution in [2.24, 2.45) is 0 Å². The quantitative estimate of drug-likeness (QED) is 0.517. The Morgan fingerprint density at radius 3 is 2.23 bits per heavy atom. The number of carbonyl (C=O) groups is 2. The van der Waals surface area contributed by atoms with Gasteiger partial charge in [-0.1, -0.05) is 0 Å². The van der Waals surface area contributed by atoms with Gasteiger partial charge in [-0.05, 0) is 18.6 Å². The monoisotopic (exact) mass is 178 g/mol. The molecule has 4 nitrogen and oxygen atoms in total. The van der Waals surface area contributed by atoms with E-state index in [9.17, 15) is 9.59 Å². The molecule has 1 aromatic rings. The van der Waals surface area contributed by atoms with Crippen LogP contribution in [0, 0.1) is 6.92 Å². The molecule has 0 saturated heterocycles. The highest BCUT2D eigenvalue weighted by Crippen LogP contribution is 2.24. The van der Waals surface area contributed by atoms with Crippen LogP contribution in [0.4, 0.5) is 11.4 Å². The highest BCUT2D eigenvalue weighted by atomic mass is 16.1. The normalized spacial score (nSPS) is 9.62. The van der Waals surface area contributed by atoms with Gasteiger partial charge in [0, 0.05) is 11.3 Å². The molecule has 0 fully saturated rings. The summed E-state index contributed by atoms with van der Waals surface area (Å²) in [5, 5.41) is 0.